The van der Waals surface area contributed by atoms with E-state index in [9.17, 15) is 0 Å². The van der Waals surface area contributed by atoms with Crippen LogP contribution in [0.3, 0.4) is 0 Å². The van der Waals surface area contributed by atoms with Crippen molar-refractivity contribution in [3.8, 4) is 5.75 Å². The van der Waals surface area contributed by atoms with Gasteiger partial charge >= 0.3 is 7.32 Å². The van der Waals surface area contributed by atoms with Gasteiger partial charge in [-0.15, -0.1) is 0 Å². The molecule has 1 aromatic carbocycles. The molecule has 0 atom stereocenters. The number of benzene rings is 1. The average Bonchev–Trinajstić information content (AvgIpc) is 2.33. The molecule has 0 spiro atoms. The zero-order valence-corrected chi connectivity index (χ0v) is 11.1. The van der Waals surface area contributed by atoms with E-state index < -0.39 is 7.32 Å². The van der Waals surface area contributed by atoms with Crippen LogP contribution in [0.25, 0.3) is 0 Å². The fourth-order valence-electron chi connectivity index (χ4n) is 2.01. The Balaban J connectivity index is 2.25. The molecule has 1 rings (SSSR count). The quantitative estimate of drug-likeness (QED) is 0.523. The molecule has 0 aliphatic carbocycles. The summed E-state index contributed by atoms with van der Waals surface area (Å²) in [6.45, 7) is 2.22. The number of hydrogen-bond donors (Lipinski definition) is 2. The second kappa shape index (κ2) is 9.00. The third-order valence-corrected chi connectivity index (χ3v) is 2.96. The van der Waals surface area contributed by atoms with Crippen LogP contribution >= 0.6 is 0 Å². The summed E-state index contributed by atoms with van der Waals surface area (Å²) >= 11 is 0. The Labute approximate surface area is 110 Å². The van der Waals surface area contributed by atoms with Gasteiger partial charge in [0.15, 0.2) is 0 Å². The van der Waals surface area contributed by atoms with Crippen molar-refractivity contribution in [1.82, 2.24) is 0 Å². The van der Waals surface area contributed by atoms with Crippen molar-refractivity contribution < 1.29 is 14.7 Å². The van der Waals surface area contributed by atoms with Crippen LogP contribution in [0, 0.1) is 0 Å². The first-order valence-corrected chi connectivity index (χ1v) is 6.84. The Morgan fingerprint density at radius 3 is 2.50 bits per heavy atom. The molecule has 0 bridgehead atoms. The average molecular weight is 250 g/mol. The van der Waals surface area contributed by atoms with Gasteiger partial charge < -0.3 is 14.7 Å². The molecular formula is C14H23BO3. The fourth-order valence-corrected chi connectivity index (χ4v) is 2.01. The maximum atomic E-state index is 8.73. The molecular weight excluding hydrogens is 227 g/mol. The minimum Gasteiger partial charge on any atom is -0.512 e. The van der Waals surface area contributed by atoms with Crippen LogP contribution < -0.4 is 4.65 Å². The molecule has 0 heterocycles. The Kier molecular flexibility index (Phi) is 7.54. The van der Waals surface area contributed by atoms with Gasteiger partial charge in [0.25, 0.3) is 0 Å². The number of aryl methyl sites for hydroxylation is 1. The summed E-state index contributed by atoms with van der Waals surface area (Å²) in [6, 6.07) is 7.52. The molecule has 18 heavy (non-hydrogen) atoms. The van der Waals surface area contributed by atoms with E-state index >= 15 is 0 Å². The van der Waals surface area contributed by atoms with Crippen molar-refractivity contribution in [3.63, 3.8) is 0 Å². The molecule has 0 aliphatic rings. The highest BCUT2D eigenvalue weighted by molar-refractivity contribution is 6.33. The van der Waals surface area contributed by atoms with E-state index in [0.717, 1.165) is 6.42 Å². The Morgan fingerprint density at radius 1 is 1.06 bits per heavy atom. The molecule has 0 unspecified atom stereocenters. The fraction of sp³-hybridized carbons (Fsp3) is 0.571. The van der Waals surface area contributed by atoms with Gasteiger partial charge in [-0.05, 0) is 30.5 Å². The van der Waals surface area contributed by atoms with Gasteiger partial charge in [0, 0.05) is 0 Å². The summed E-state index contributed by atoms with van der Waals surface area (Å²) in [5, 5.41) is 17.5. The van der Waals surface area contributed by atoms with Gasteiger partial charge in [0.05, 0.1) is 0 Å². The SMILES string of the molecule is CCCCCCCCc1cccc(OB(O)O)c1. The molecule has 0 amide bonds. The molecule has 3 nitrogen and oxygen atoms in total. The van der Waals surface area contributed by atoms with Crippen molar-refractivity contribution in [2.75, 3.05) is 0 Å². The third kappa shape index (κ3) is 6.67. The third-order valence-electron chi connectivity index (χ3n) is 2.96. The Bertz CT molecular complexity index is 329. The van der Waals surface area contributed by atoms with E-state index in [4.69, 9.17) is 14.7 Å². The highest BCUT2D eigenvalue weighted by Crippen LogP contribution is 2.16. The minimum absolute atomic E-state index is 0.508. The highest BCUT2D eigenvalue weighted by atomic mass is 16.6. The van der Waals surface area contributed by atoms with Gasteiger partial charge in [-0.2, -0.15) is 0 Å². The van der Waals surface area contributed by atoms with E-state index in [1.165, 1.54) is 44.1 Å². The summed E-state index contributed by atoms with van der Waals surface area (Å²) in [4.78, 5) is 0. The second-order valence-corrected chi connectivity index (χ2v) is 4.61. The largest absolute Gasteiger partial charge is 0.707 e. The van der Waals surface area contributed by atoms with Crippen molar-refractivity contribution in [2.45, 2.75) is 51.9 Å². The molecule has 1 aromatic rings. The van der Waals surface area contributed by atoms with Crippen LogP contribution in [-0.2, 0) is 6.42 Å². The maximum Gasteiger partial charge on any atom is 0.707 e. The normalized spacial score (nSPS) is 10.4. The topological polar surface area (TPSA) is 49.7 Å². The molecule has 0 radical (unpaired) electrons. The zero-order valence-electron chi connectivity index (χ0n) is 11.1. The van der Waals surface area contributed by atoms with E-state index in [1.807, 2.05) is 18.2 Å². The first kappa shape index (κ1) is 15.1. The highest BCUT2D eigenvalue weighted by Gasteiger charge is 2.10. The summed E-state index contributed by atoms with van der Waals surface area (Å²) in [6.07, 6.45) is 8.70. The zero-order chi connectivity index (χ0) is 13.2. The van der Waals surface area contributed by atoms with Crippen LogP contribution in [-0.4, -0.2) is 17.4 Å². The molecule has 0 fully saturated rings. The molecule has 2 N–H and O–H groups in total. The van der Waals surface area contributed by atoms with Crippen LogP contribution in [0.2, 0.25) is 0 Å². The van der Waals surface area contributed by atoms with E-state index in [1.54, 1.807) is 6.07 Å². The van der Waals surface area contributed by atoms with Crippen molar-refractivity contribution in [3.05, 3.63) is 29.8 Å². The number of hydrogen-bond acceptors (Lipinski definition) is 3. The molecule has 0 aliphatic heterocycles. The molecule has 0 aromatic heterocycles. The van der Waals surface area contributed by atoms with Crippen molar-refractivity contribution in [1.29, 1.82) is 0 Å². The summed E-state index contributed by atoms with van der Waals surface area (Å²) in [7, 11) is -1.74. The van der Waals surface area contributed by atoms with Crippen LogP contribution in [0.15, 0.2) is 24.3 Å². The first-order valence-electron chi connectivity index (χ1n) is 6.84. The van der Waals surface area contributed by atoms with Gasteiger partial charge in [0.1, 0.15) is 5.75 Å². The first-order chi connectivity index (χ1) is 8.72. The van der Waals surface area contributed by atoms with E-state index in [-0.39, 0.29) is 0 Å². The summed E-state index contributed by atoms with van der Waals surface area (Å²) in [5.74, 6) is 0.508. The maximum absolute atomic E-state index is 8.73. The lowest BCUT2D eigenvalue weighted by Crippen LogP contribution is -2.20. The van der Waals surface area contributed by atoms with Crippen molar-refractivity contribution >= 4 is 7.32 Å². The molecule has 100 valence electrons. The standard InChI is InChI=1S/C14H23BO3/c1-2-3-4-5-6-7-9-13-10-8-11-14(12-13)18-15(16)17/h8,10-12,16-17H,2-7,9H2,1H3. The minimum atomic E-state index is -1.74. The second-order valence-electron chi connectivity index (χ2n) is 4.61. The van der Waals surface area contributed by atoms with Crippen molar-refractivity contribution in [2.24, 2.45) is 0 Å². The summed E-state index contributed by atoms with van der Waals surface area (Å²) < 4.78 is 4.83. The van der Waals surface area contributed by atoms with Gasteiger partial charge in [0.2, 0.25) is 0 Å². The molecule has 0 saturated heterocycles. The Hall–Kier alpha value is -0.995. The summed E-state index contributed by atoms with van der Waals surface area (Å²) in [5.41, 5.74) is 1.18. The van der Waals surface area contributed by atoms with Crippen LogP contribution in [0.1, 0.15) is 51.0 Å². The molecule has 0 saturated carbocycles. The van der Waals surface area contributed by atoms with Gasteiger partial charge in [-0.1, -0.05) is 51.2 Å². The predicted octanol–water partition coefficient (Wildman–Crippen LogP) is 2.94. The lowest BCUT2D eigenvalue weighted by molar-refractivity contribution is 0.288. The van der Waals surface area contributed by atoms with Gasteiger partial charge in [-0.25, -0.2) is 0 Å². The van der Waals surface area contributed by atoms with E-state index in [2.05, 4.69) is 6.92 Å². The Morgan fingerprint density at radius 2 is 1.78 bits per heavy atom. The lowest BCUT2D eigenvalue weighted by Gasteiger charge is -2.07. The molecule has 4 heteroatoms. The van der Waals surface area contributed by atoms with Crippen LogP contribution in [0.5, 0.6) is 5.75 Å². The van der Waals surface area contributed by atoms with Crippen LogP contribution in [0.4, 0.5) is 0 Å². The number of unbranched alkanes of at least 4 members (excludes halogenated alkanes) is 5. The predicted molar refractivity (Wildman–Crippen MR) is 74.3 cm³/mol. The number of rotatable bonds is 9. The van der Waals surface area contributed by atoms with E-state index in [0.29, 0.717) is 5.75 Å². The van der Waals surface area contributed by atoms with Gasteiger partial charge in [-0.3, -0.25) is 0 Å². The smallest absolute Gasteiger partial charge is 0.512 e. The monoisotopic (exact) mass is 250 g/mol. The lowest BCUT2D eigenvalue weighted by atomic mass is 10.0.